The fourth-order valence-corrected chi connectivity index (χ4v) is 2.29. The summed E-state index contributed by atoms with van der Waals surface area (Å²) in [6.45, 7) is 0.783. The number of hydrogen-bond acceptors (Lipinski definition) is 3. The smallest absolute Gasteiger partial charge is 0.0416 e. The molecule has 1 aromatic carbocycles. The molecule has 2 aromatic rings. The van der Waals surface area contributed by atoms with Gasteiger partial charge in [0.15, 0.2) is 0 Å². The molecule has 88 valence electrons. The summed E-state index contributed by atoms with van der Waals surface area (Å²) in [6, 6.07) is 10.5. The van der Waals surface area contributed by atoms with Gasteiger partial charge in [-0.2, -0.15) is 0 Å². The van der Waals surface area contributed by atoms with E-state index >= 15 is 0 Å². The fraction of sp³-hybridized carbons (Fsp3) is 0.154. The molecule has 0 aliphatic rings. The predicted molar refractivity (Wildman–Crippen MR) is 77.5 cm³/mol. The number of nitrogens with one attached hydrogen (secondary N) is 1. The standard InChI is InChI=1S/C13H13BrN2S/c1-17-13-4-2-12(3-5-13)16-8-10-6-11(14)9-15-7-10/h2-7,9,16H,8H2,1H3. The van der Waals surface area contributed by atoms with Crippen LogP contribution in [-0.2, 0) is 6.54 Å². The molecule has 0 saturated carbocycles. The molecular formula is C13H13BrN2S. The summed E-state index contributed by atoms with van der Waals surface area (Å²) in [5.74, 6) is 0. The molecule has 0 aliphatic carbocycles. The summed E-state index contributed by atoms with van der Waals surface area (Å²) in [5, 5.41) is 3.37. The molecule has 4 heteroatoms. The van der Waals surface area contributed by atoms with Gasteiger partial charge in [-0.25, -0.2) is 0 Å². The molecule has 2 rings (SSSR count). The maximum atomic E-state index is 4.13. The highest BCUT2D eigenvalue weighted by Crippen LogP contribution is 2.18. The van der Waals surface area contributed by atoms with Gasteiger partial charge in [0, 0.05) is 34.0 Å². The average molecular weight is 309 g/mol. The van der Waals surface area contributed by atoms with Crippen molar-refractivity contribution in [3.05, 3.63) is 52.8 Å². The van der Waals surface area contributed by atoms with Crippen molar-refractivity contribution in [1.82, 2.24) is 4.98 Å². The summed E-state index contributed by atoms with van der Waals surface area (Å²) in [7, 11) is 0. The Morgan fingerprint density at radius 3 is 2.65 bits per heavy atom. The number of benzene rings is 1. The highest BCUT2D eigenvalue weighted by molar-refractivity contribution is 9.10. The van der Waals surface area contributed by atoms with Crippen molar-refractivity contribution in [3.63, 3.8) is 0 Å². The van der Waals surface area contributed by atoms with Crippen LogP contribution in [0.5, 0.6) is 0 Å². The van der Waals surface area contributed by atoms with Crippen molar-refractivity contribution in [1.29, 1.82) is 0 Å². The number of rotatable bonds is 4. The van der Waals surface area contributed by atoms with Gasteiger partial charge in [-0.3, -0.25) is 4.98 Å². The van der Waals surface area contributed by atoms with Crippen molar-refractivity contribution in [2.45, 2.75) is 11.4 Å². The third kappa shape index (κ3) is 3.75. The molecule has 0 saturated heterocycles. The van der Waals surface area contributed by atoms with Crippen LogP contribution in [-0.4, -0.2) is 11.2 Å². The minimum absolute atomic E-state index is 0.783. The van der Waals surface area contributed by atoms with Gasteiger partial charge in [0.2, 0.25) is 0 Å². The topological polar surface area (TPSA) is 24.9 Å². The third-order valence-electron chi connectivity index (χ3n) is 2.35. The summed E-state index contributed by atoms with van der Waals surface area (Å²) in [6.07, 6.45) is 5.74. The van der Waals surface area contributed by atoms with Crippen LogP contribution >= 0.6 is 27.7 Å². The van der Waals surface area contributed by atoms with E-state index in [0.717, 1.165) is 22.3 Å². The van der Waals surface area contributed by atoms with Crippen LogP contribution in [0.4, 0.5) is 5.69 Å². The van der Waals surface area contributed by atoms with Gasteiger partial charge >= 0.3 is 0 Å². The quantitative estimate of drug-likeness (QED) is 0.858. The predicted octanol–water partition coefficient (Wildman–Crippen LogP) is 4.18. The monoisotopic (exact) mass is 308 g/mol. The van der Waals surface area contributed by atoms with Gasteiger partial charge in [-0.1, -0.05) is 0 Å². The second-order valence-corrected chi connectivity index (χ2v) is 5.39. The first-order chi connectivity index (χ1) is 8.28. The second-order valence-electron chi connectivity index (χ2n) is 3.59. The lowest BCUT2D eigenvalue weighted by atomic mass is 10.2. The Bertz CT molecular complexity index is 485. The zero-order valence-electron chi connectivity index (χ0n) is 9.48. The molecule has 0 radical (unpaired) electrons. The van der Waals surface area contributed by atoms with Crippen molar-refractivity contribution in [3.8, 4) is 0 Å². The largest absolute Gasteiger partial charge is 0.381 e. The van der Waals surface area contributed by atoms with Gasteiger partial charge in [-0.05, 0) is 58.1 Å². The van der Waals surface area contributed by atoms with Crippen LogP contribution in [0.3, 0.4) is 0 Å². The maximum absolute atomic E-state index is 4.13. The maximum Gasteiger partial charge on any atom is 0.0416 e. The Morgan fingerprint density at radius 1 is 1.24 bits per heavy atom. The minimum atomic E-state index is 0.783. The highest BCUT2D eigenvalue weighted by Gasteiger charge is 1.96. The Balaban J connectivity index is 1.97. The lowest BCUT2D eigenvalue weighted by Gasteiger charge is -2.07. The van der Waals surface area contributed by atoms with Gasteiger partial charge in [0.25, 0.3) is 0 Å². The summed E-state index contributed by atoms with van der Waals surface area (Å²) in [4.78, 5) is 5.41. The van der Waals surface area contributed by atoms with Crippen LogP contribution in [0.1, 0.15) is 5.56 Å². The van der Waals surface area contributed by atoms with Crippen LogP contribution < -0.4 is 5.32 Å². The lowest BCUT2D eigenvalue weighted by Crippen LogP contribution is -1.99. The molecule has 0 fully saturated rings. The molecule has 0 spiro atoms. The van der Waals surface area contributed by atoms with Crippen molar-refractivity contribution < 1.29 is 0 Å². The number of hydrogen-bond donors (Lipinski definition) is 1. The number of pyridine rings is 1. The number of nitrogens with zero attached hydrogens (tertiary/aromatic N) is 1. The molecular weight excluding hydrogens is 296 g/mol. The fourth-order valence-electron chi connectivity index (χ4n) is 1.47. The number of anilines is 1. The highest BCUT2D eigenvalue weighted by atomic mass is 79.9. The number of aromatic nitrogens is 1. The Morgan fingerprint density at radius 2 is 2.00 bits per heavy atom. The summed E-state index contributed by atoms with van der Waals surface area (Å²) in [5.41, 5.74) is 2.29. The zero-order chi connectivity index (χ0) is 12.1. The van der Waals surface area contributed by atoms with Gasteiger partial charge in [0.05, 0.1) is 0 Å². The lowest BCUT2D eigenvalue weighted by molar-refractivity contribution is 1.10. The minimum Gasteiger partial charge on any atom is -0.381 e. The first kappa shape index (κ1) is 12.5. The number of halogens is 1. The van der Waals surface area contributed by atoms with E-state index in [1.807, 2.05) is 6.20 Å². The molecule has 0 atom stereocenters. The van der Waals surface area contributed by atoms with E-state index in [1.54, 1.807) is 18.0 Å². The van der Waals surface area contributed by atoms with E-state index in [0.29, 0.717) is 0 Å². The SMILES string of the molecule is CSc1ccc(NCc2cncc(Br)c2)cc1. The van der Waals surface area contributed by atoms with E-state index in [4.69, 9.17) is 0 Å². The Kier molecular flexibility index (Phi) is 4.45. The molecule has 0 unspecified atom stereocenters. The first-order valence-electron chi connectivity index (χ1n) is 5.25. The average Bonchev–Trinajstić information content (AvgIpc) is 2.37. The van der Waals surface area contributed by atoms with Gasteiger partial charge in [0.1, 0.15) is 0 Å². The van der Waals surface area contributed by atoms with Gasteiger partial charge in [-0.15, -0.1) is 11.8 Å². The van der Waals surface area contributed by atoms with E-state index in [9.17, 15) is 0 Å². The van der Waals surface area contributed by atoms with Gasteiger partial charge < -0.3 is 5.32 Å². The second kappa shape index (κ2) is 6.07. The molecule has 0 aliphatic heterocycles. The van der Waals surface area contributed by atoms with Crippen molar-refractivity contribution in [2.75, 3.05) is 11.6 Å². The van der Waals surface area contributed by atoms with Crippen molar-refractivity contribution in [2.24, 2.45) is 0 Å². The molecule has 1 N–H and O–H groups in total. The van der Waals surface area contributed by atoms with Crippen LogP contribution in [0.25, 0.3) is 0 Å². The van der Waals surface area contributed by atoms with Crippen LogP contribution in [0.2, 0.25) is 0 Å². The van der Waals surface area contributed by atoms with Crippen molar-refractivity contribution >= 4 is 33.4 Å². The van der Waals surface area contributed by atoms with E-state index < -0.39 is 0 Å². The number of thioether (sulfide) groups is 1. The molecule has 2 nitrogen and oxygen atoms in total. The molecule has 0 amide bonds. The summed E-state index contributed by atoms with van der Waals surface area (Å²) >= 11 is 5.16. The normalized spacial score (nSPS) is 10.2. The van der Waals surface area contributed by atoms with Crippen LogP contribution in [0, 0.1) is 0 Å². The molecule has 1 heterocycles. The third-order valence-corrected chi connectivity index (χ3v) is 3.53. The van der Waals surface area contributed by atoms with Crippen LogP contribution in [0.15, 0.2) is 52.1 Å². The first-order valence-corrected chi connectivity index (χ1v) is 7.27. The molecule has 1 aromatic heterocycles. The molecule has 17 heavy (non-hydrogen) atoms. The summed E-state index contributed by atoms with van der Waals surface area (Å²) < 4.78 is 1.01. The Labute approximate surface area is 114 Å². The van der Waals surface area contributed by atoms with E-state index in [-0.39, 0.29) is 0 Å². The zero-order valence-corrected chi connectivity index (χ0v) is 11.9. The molecule has 0 bridgehead atoms. The Hall–Kier alpha value is -1.00. The van der Waals surface area contributed by atoms with E-state index in [2.05, 4.69) is 62.8 Å². The van der Waals surface area contributed by atoms with E-state index in [1.165, 1.54) is 4.90 Å².